The Labute approximate surface area is 510 Å². The van der Waals surface area contributed by atoms with Crippen molar-refractivity contribution >= 4 is 48.2 Å². The van der Waals surface area contributed by atoms with E-state index in [4.69, 9.17) is 32.7 Å². The van der Waals surface area contributed by atoms with Crippen LogP contribution in [0, 0.1) is 0 Å². The molecule has 452 valence electrons. The van der Waals surface area contributed by atoms with Crippen LogP contribution in [-0.2, 0) is 49.9 Å². The van der Waals surface area contributed by atoms with Crippen LogP contribution >= 0.6 is 0 Å². The van der Waals surface area contributed by atoms with E-state index in [-0.39, 0.29) is 62.7 Å². The van der Waals surface area contributed by atoms with Gasteiger partial charge in [-0.3, -0.25) is 9.59 Å². The Morgan fingerprint density at radius 2 is 1.08 bits per heavy atom. The van der Waals surface area contributed by atoms with Gasteiger partial charge in [-0.2, -0.15) is 0 Å². The number of imide groups is 2. The quantitative estimate of drug-likeness (QED) is 0.0533. The first-order valence-corrected chi connectivity index (χ1v) is 29.1. The molecule has 0 unspecified atom stereocenters. The maximum atomic E-state index is 13.6. The number of amides is 5. The molecule has 11 rings (SSSR count). The highest BCUT2D eigenvalue weighted by molar-refractivity contribution is 6.58. The summed E-state index contributed by atoms with van der Waals surface area (Å²) < 4.78 is 38.2. The Morgan fingerprint density at radius 1 is 0.602 bits per heavy atom. The van der Waals surface area contributed by atoms with Crippen LogP contribution < -0.4 is 14.9 Å². The molecular formula is C68H68BN5O14. The molecule has 2 fully saturated rings. The average molecular weight is 1190 g/mol. The molecule has 4 atom stereocenters. The number of ether oxygens (including phenoxy) is 5. The van der Waals surface area contributed by atoms with Crippen molar-refractivity contribution in [2.24, 2.45) is 0 Å². The molecule has 5 heterocycles. The third kappa shape index (κ3) is 16.2. The zero-order valence-corrected chi connectivity index (χ0v) is 49.1. The fourth-order valence-corrected chi connectivity index (χ4v) is 10.8. The molecule has 2 N–H and O–H groups in total. The van der Waals surface area contributed by atoms with E-state index in [9.17, 15) is 34.0 Å². The normalized spacial score (nSPS) is 16.3. The number of carbonyl (C=O) groups excluding carboxylic acids is 5. The van der Waals surface area contributed by atoms with Crippen molar-refractivity contribution in [3.8, 4) is 11.5 Å². The number of carbonyl (C=O) groups is 5. The Hall–Kier alpha value is -9.79. The summed E-state index contributed by atoms with van der Waals surface area (Å²) in [6, 6.07) is 52.0. The van der Waals surface area contributed by atoms with Gasteiger partial charge in [0.05, 0.1) is 23.5 Å². The number of aromatic nitrogens is 2. The Morgan fingerprint density at radius 3 is 1.52 bits per heavy atom. The van der Waals surface area contributed by atoms with Gasteiger partial charge in [0.15, 0.2) is 0 Å². The third-order valence-electron chi connectivity index (χ3n) is 15.3. The highest BCUT2D eigenvalue weighted by atomic mass is 16.6. The topological polar surface area (TPSA) is 234 Å². The fraction of sp³-hybridized carbons (Fsp3) is 0.279. The molecule has 20 heteroatoms. The minimum absolute atomic E-state index is 0.00338. The minimum atomic E-state index is -1.54. The standard InChI is InChI=1S/C39H41N3O7.C29H27BN2O7/c1-39(2,3)49-37(44)41-19-16-29(17-20-41)31-11-7-10-28(22-31)25-46-33-14-12-30(13-15-33)34(35-18-21-48-40-35)24-36(43)42-32(26-47-38(42)45)23-27-8-5-4-6-9-27;33-28(32-24(19-38-29(32)34)16-20-5-2-1-3-6-20)17-26(27-13-14-39-31-27)22-9-11-25(12-10-22)37-18-21-7-4-8-23(15-21)30(35)36/h4-16,18,21-22,32,34H,17,19-20,23-26H2,1-3H3;1-15,24,26,35-36H,16-19H2/t32-,34-;24-,26-/m00/s1. The zero-order valence-electron chi connectivity index (χ0n) is 49.1. The molecule has 0 spiro atoms. The van der Waals surface area contributed by atoms with Gasteiger partial charge in [0.1, 0.15) is 56.1 Å². The lowest BCUT2D eigenvalue weighted by atomic mass is 9.80. The molecule has 8 aromatic rings. The molecule has 0 aliphatic carbocycles. The first-order valence-electron chi connectivity index (χ1n) is 29.1. The smallest absolute Gasteiger partial charge is 0.488 e. The van der Waals surface area contributed by atoms with Gasteiger partial charge in [0.2, 0.25) is 11.8 Å². The van der Waals surface area contributed by atoms with Crippen LogP contribution in [0.1, 0.15) is 102 Å². The van der Waals surface area contributed by atoms with Crippen molar-refractivity contribution in [1.29, 1.82) is 0 Å². The maximum absolute atomic E-state index is 13.6. The van der Waals surface area contributed by atoms with Gasteiger partial charge in [-0.05, 0) is 120 Å². The number of cyclic esters (lactones) is 2. The summed E-state index contributed by atoms with van der Waals surface area (Å²) in [5.41, 5.74) is 8.82. The van der Waals surface area contributed by atoms with E-state index in [1.165, 1.54) is 27.9 Å². The Balaban J connectivity index is 0.000000199. The van der Waals surface area contributed by atoms with Crippen molar-refractivity contribution < 1.29 is 66.8 Å². The maximum Gasteiger partial charge on any atom is 0.488 e. The van der Waals surface area contributed by atoms with E-state index in [0.717, 1.165) is 45.4 Å². The zero-order chi connectivity index (χ0) is 61.6. The van der Waals surface area contributed by atoms with Crippen LogP contribution in [0.25, 0.3) is 5.57 Å². The first-order chi connectivity index (χ1) is 42.6. The van der Waals surface area contributed by atoms with Crippen molar-refractivity contribution in [2.45, 2.75) is 95.6 Å². The van der Waals surface area contributed by atoms with E-state index in [0.29, 0.717) is 60.9 Å². The molecule has 3 aliphatic rings. The molecule has 5 amide bonds. The van der Waals surface area contributed by atoms with Gasteiger partial charge in [-0.25, -0.2) is 24.2 Å². The lowest BCUT2D eigenvalue weighted by Gasteiger charge is -2.29. The molecule has 0 saturated carbocycles. The predicted molar refractivity (Wildman–Crippen MR) is 325 cm³/mol. The highest BCUT2D eigenvalue weighted by Gasteiger charge is 2.41. The second kappa shape index (κ2) is 28.6. The summed E-state index contributed by atoms with van der Waals surface area (Å²) in [7, 11) is -1.54. The molecule has 6 aromatic carbocycles. The average Bonchev–Trinajstić information content (AvgIpc) is 4.27. The predicted octanol–water partition coefficient (Wildman–Crippen LogP) is 10.4. The summed E-state index contributed by atoms with van der Waals surface area (Å²) in [4.78, 5) is 68.9. The minimum Gasteiger partial charge on any atom is -0.489 e. The van der Waals surface area contributed by atoms with Gasteiger partial charge >= 0.3 is 25.4 Å². The largest absolute Gasteiger partial charge is 0.489 e. The van der Waals surface area contributed by atoms with Crippen LogP contribution in [0.2, 0.25) is 0 Å². The van der Waals surface area contributed by atoms with Gasteiger partial charge in [0.25, 0.3) is 0 Å². The number of hydrogen-bond donors (Lipinski definition) is 2. The lowest BCUT2D eigenvalue weighted by molar-refractivity contribution is -0.130. The molecule has 0 radical (unpaired) electrons. The summed E-state index contributed by atoms with van der Waals surface area (Å²) in [5, 5.41) is 26.9. The van der Waals surface area contributed by atoms with Crippen LogP contribution in [0.4, 0.5) is 14.4 Å². The Kier molecular flexibility index (Phi) is 19.9. The molecule has 19 nitrogen and oxygen atoms in total. The molecule has 2 saturated heterocycles. The Bertz CT molecular complexity index is 3650. The van der Waals surface area contributed by atoms with Crippen LogP contribution in [0.3, 0.4) is 0 Å². The van der Waals surface area contributed by atoms with E-state index in [2.05, 4.69) is 28.5 Å². The van der Waals surface area contributed by atoms with Gasteiger partial charge in [-0.1, -0.05) is 144 Å². The summed E-state index contributed by atoms with van der Waals surface area (Å²) >= 11 is 0. The van der Waals surface area contributed by atoms with Crippen molar-refractivity contribution in [1.82, 2.24) is 25.0 Å². The second-order valence-corrected chi connectivity index (χ2v) is 22.7. The van der Waals surface area contributed by atoms with E-state index < -0.39 is 36.7 Å². The number of hydrogen-bond acceptors (Lipinski definition) is 16. The SMILES string of the molecule is CC(C)(C)OC(=O)N1CC=C(c2cccc(COc3ccc([C@H](CC(=O)N4C(=O)OC[C@@H]4Cc4ccccc4)c4ccon4)cc3)c2)CC1.O=C(C[C@@H](c1ccc(OCc2cccc(B(O)O)c2)cc1)c1ccon1)N1C(=O)OC[C@@H]1Cc1ccccc1. The monoisotopic (exact) mass is 1190 g/mol. The van der Waals surface area contributed by atoms with Gasteiger partial charge < -0.3 is 47.7 Å². The highest BCUT2D eigenvalue weighted by Crippen LogP contribution is 2.34. The number of rotatable bonds is 20. The molecule has 0 bridgehead atoms. The number of nitrogens with zero attached hydrogens (tertiary/aromatic N) is 5. The summed E-state index contributed by atoms with van der Waals surface area (Å²) in [6.45, 7) is 7.64. The second-order valence-electron chi connectivity index (χ2n) is 22.7. The van der Waals surface area contributed by atoms with E-state index in [1.807, 2.05) is 136 Å². The van der Waals surface area contributed by atoms with Gasteiger partial charge in [0, 0.05) is 49.9 Å². The molecular weight excluding hydrogens is 1120 g/mol. The molecule has 3 aliphatic heterocycles. The van der Waals surface area contributed by atoms with Crippen molar-refractivity contribution in [3.63, 3.8) is 0 Å². The van der Waals surface area contributed by atoms with E-state index in [1.54, 1.807) is 47.4 Å². The first kappa shape index (κ1) is 61.3. The molecule has 2 aromatic heterocycles. The third-order valence-corrected chi connectivity index (χ3v) is 15.3. The van der Waals surface area contributed by atoms with Crippen molar-refractivity contribution in [2.75, 3.05) is 26.3 Å². The summed E-state index contributed by atoms with van der Waals surface area (Å²) in [6.07, 6.45) is 5.25. The fourth-order valence-electron chi connectivity index (χ4n) is 10.8. The number of benzene rings is 6. The summed E-state index contributed by atoms with van der Waals surface area (Å²) in [5.74, 6) is -0.281. The van der Waals surface area contributed by atoms with Crippen molar-refractivity contribution in [3.05, 3.63) is 239 Å². The lowest BCUT2D eigenvalue weighted by Crippen LogP contribution is -2.40. The van der Waals surface area contributed by atoms with Gasteiger partial charge in [-0.15, -0.1) is 0 Å². The molecule has 88 heavy (non-hydrogen) atoms. The van der Waals surface area contributed by atoms with Crippen LogP contribution in [-0.4, -0.2) is 116 Å². The van der Waals surface area contributed by atoms with Crippen LogP contribution in [0.5, 0.6) is 11.5 Å². The van der Waals surface area contributed by atoms with E-state index >= 15 is 0 Å². The van der Waals surface area contributed by atoms with Crippen LogP contribution in [0.15, 0.2) is 198 Å².